The van der Waals surface area contributed by atoms with Crippen LogP contribution in [-0.2, 0) is 16.8 Å². The molecule has 3 aromatic heterocycles. The van der Waals surface area contributed by atoms with Crippen LogP contribution < -0.4 is 18.9 Å². The summed E-state index contributed by atoms with van der Waals surface area (Å²) >= 11 is 0. The smallest absolute Gasteiger partial charge is 0.416 e. The van der Waals surface area contributed by atoms with Crippen LogP contribution >= 0.6 is 0 Å². The summed E-state index contributed by atoms with van der Waals surface area (Å²) in [5, 5.41) is 7.53. The predicted molar refractivity (Wildman–Crippen MR) is 112 cm³/mol. The largest absolute Gasteiger partial charge is 0.436 e. The Morgan fingerprint density at radius 2 is 2.09 bits per heavy atom. The zero-order chi connectivity index (χ0) is 23.6. The predicted octanol–water partition coefficient (Wildman–Crippen LogP) is 2.15. The Hall–Kier alpha value is -3.91. The quantitative estimate of drug-likeness (QED) is 0.524. The number of hydrogen-bond acceptors (Lipinski definition) is 9. The number of aromatic nitrogens is 4. The maximum atomic E-state index is 14.9. The highest BCUT2D eigenvalue weighted by molar-refractivity contribution is 7.90. The van der Waals surface area contributed by atoms with Crippen LogP contribution in [0.1, 0.15) is 24.2 Å². The molecule has 14 heteroatoms. The molecule has 33 heavy (non-hydrogen) atoms. The van der Waals surface area contributed by atoms with Crippen molar-refractivity contribution in [1.29, 1.82) is 0 Å². The molecule has 1 aliphatic rings. The van der Waals surface area contributed by atoms with Gasteiger partial charge in [0.15, 0.2) is 23.1 Å². The van der Waals surface area contributed by atoms with Crippen LogP contribution in [0.2, 0.25) is 0 Å². The van der Waals surface area contributed by atoms with Gasteiger partial charge in [0, 0.05) is 37.1 Å². The summed E-state index contributed by atoms with van der Waals surface area (Å²) in [6, 6.07) is 5.53. The number of fused-ring (bicyclic) bond motifs is 1. The first kappa shape index (κ1) is 22.3. The third kappa shape index (κ3) is 4.80. The van der Waals surface area contributed by atoms with E-state index in [4.69, 9.17) is 9.47 Å². The van der Waals surface area contributed by atoms with Crippen molar-refractivity contribution in [3.8, 4) is 17.4 Å². The van der Waals surface area contributed by atoms with Gasteiger partial charge in [-0.15, -0.1) is 5.10 Å². The molecule has 1 unspecified atom stereocenters. The summed E-state index contributed by atoms with van der Waals surface area (Å²) in [7, 11) is -2.80. The molecule has 4 rings (SSSR count). The Balaban J connectivity index is 1.55. The second-order valence-corrected chi connectivity index (χ2v) is 8.45. The molecular weight excluding hydrogens is 457 g/mol. The molecule has 12 nitrogen and oxygen atoms in total. The first-order valence-corrected chi connectivity index (χ1v) is 11.0. The Kier molecular flexibility index (Phi) is 6.02. The average Bonchev–Trinajstić information content (AvgIpc) is 2.79. The van der Waals surface area contributed by atoms with Crippen molar-refractivity contribution in [3.05, 3.63) is 59.9 Å². The van der Waals surface area contributed by atoms with Gasteiger partial charge < -0.3 is 9.47 Å². The maximum Gasteiger partial charge on any atom is 0.416 e. The molecule has 1 amide bonds. The molecule has 0 aliphatic carbocycles. The van der Waals surface area contributed by atoms with Gasteiger partial charge in [0.25, 0.3) is 10.2 Å². The van der Waals surface area contributed by atoms with Gasteiger partial charge in [0.05, 0.1) is 18.8 Å². The number of pyridine rings is 2. The van der Waals surface area contributed by atoms with E-state index in [2.05, 4.69) is 20.2 Å². The van der Waals surface area contributed by atoms with E-state index in [1.165, 1.54) is 42.7 Å². The third-order valence-corrected chi connectivity index (χ3v) is 5.73. The highest BCUT2D eigenvalue weighted by atomic mass is 32.2. The minimum Gasteiger partial charge on any atom is -0.436 e. The van der Waals surface area contributed by atoms with Crippen LogP contribution in [0.4, 0.5) is 15.0 Å². The number of rotatable bonds is 7. The van der Waals surface area contributed by atoms with E-state index >= 15 is 0 Å². The summed E-state index contributed by atoms with van der Waals surface area (Å²) < 4.78 is 53.1. The minimum absolute atomic E-state index is 0.0358. The molecule has 2 N–H and O–H groups in total. The van der Waals surface area contributed by atoms with Crippen molar-refractivity contribution in [3.63, 3.8) is 0 Å². The molecule has 0 radical (unpaired) electrons. The van der Waals surface area contributed by atoms with E-state index in [0.29, 0.717) is 11.4 Å². The molecule has 0 bridgehead atoms. The van der Waals surface area contributed by atoms with Crippen molar-refractivity contribution in [2.24, 2.45) is 0 Å². The fourth-order valence-corrected chi connectivity index (χ4v) is 3.55. The number of nitrogens with zero attached hydrogens (tertiary/aromatic N) is 5. The van der Waals surface area contributed by atoms with E-state index < -0.39 is 34.0 Å². The molecule has 4 heterocycles. The topological polar surface area (TPSA) is 149 Å². The second-order valence-electron chi connectivity index (χ2n) is 6.83. The van der Waals surface area contributed by atoms with E-state index in [0.717, 1.165) is 0 Å². The molecular formula is C19H18FN7O5S. The average molecular weight is 475 g/mol. The van der Waals surface area contributed by atoms with Crippen LogP contribution in [0.5, 0.6) is 17.4 Å². The van der Waals surface area contributed by atoms with E-state index in [1.807, 2.05) is 9.44 Å². The lowest BCUT2D eigenvalue weighted by atomic mass is 10.1. The third-order valence-electron chi connectivity index (χ3n) is 4.73. The van der Waals surface area contributed by atoms with E-state index in [9.17, 15) is 17.6 Å². The monoisotopic (exact) mass is 475 g/mol. The lowest BCUT2D eigenvalue weighted by Crippen LogP contribution is -2.40. The summed E-state index contributed by atoms with van der Waals surface area (Å²) in [4.78, 5) is 22.0. The van der Waals surface area contributed by atoms with Crippen LogP contribution in [-0.4, -0.2) is 46.6 Å². The van der Waals surface area contributed by atoms with Crippen molar-refractivity contribution in [2.75, 3.05) is 11.8 Å². The maximum absolute atomic E-state index is 14.9. The molecule has 172 valence electrons. The normalized spacial score (nSPS) is 15.5. The van der Waals surface area contributed by atoms with Gasteiger partial charge >= 0.3 is 6.09 Å². The van der Waals surface area contributed by atoms with Crippen molar-refractivity contribution in [1.82, 2.24) is 29.8 Å². The van der Waals surface area contributed by atoms with Gasteiger partial charge in [0.2, 0.25) is 5.88 Å². The number of nitrogens with one attached hydrogen (secondary N) is 2. The van der Waals surface area contributed by atoms with Crippen LogP contribution in [0.15, 0.2) is 42.9 Å². The number of carbonyl (C=O) groups excluding carboxylic acids is 1. The minimum atomic E-state index is -3.97. The summed E-state index contributed by atoms with van der Waals surface area (Å²) in [5.74, 6) is -0.673. The molecule has 0 spiro atoms. The number of anilines is 1. The molecule has 0 fully saturated rings. The van der Waals surface area contributed by atoms with Gasteiger partial charge in [0.1, 0.15) is 5.69 Å². The van der Waals surface area contributed by atoms with Gasteiger partial charge in [-0.05, 0) is 19.1 Å². The molecule has 3 aromatic rings. The van der Waals surface area contributed by atoms with Gasteiger partial charge in [-0.25, -0.2) is 18.9 Å². The Bertz CT molecular complexity index is 1290. The van der Waals surface area contributed by atoms with Crippen LogP contribution in [0.25, 0.3) is 0 Å². The highest BCUT2D eigenvalue weighted by Gasteiger charge is 2.34. The Morgan fingerprint density at radius 3 is 2.82 bits per heavy atom. The zero-order valence-electron chi connectivity index (χ0n) is 17.4. The van der Waals surface area contributed by atoms with Gasteiger partial charge in [-0.1, -0.05) is 0 Å². The van der Waals surface area contributed by atoms with Crippen molar-refractivity contribution < 1.29 is 27.1 Å². The second kappa shape index (κ2) is 8.91. The molecule has 0 saturated carbocycles. The zero-order valence-corrected chi connectivity index (χ0v) is 18.2. The van der Waals surface area contributed by atoms with Gasteiger partial charge in [-0.2, -0.15) is 13.5 Å². The SMILES string of the molecule is CNS(=O)(=O)Nc1nccc(CN2C(=O)Oc3cc(Oc4cccnn4)cnc3C2C)c1F. The molecule has 0 aromatic carbocycles. The molecule has 0 saturated heterocycles. The first-order valence-electron chi connectivity index (χ1n) is 9.56. The van der Waals surface area contributed by atoms with E-state index in [-0.39, 0.29) is 23.7 Å². The van der Waals surface area contributed by atoms with Crippen molar-refractivity contribution in [2.45, 2.75) is 19.5 Å². The number of carbonyl (C=O) groups is 1. The molecule has 1 aliphatic heterocycles. The number of amides is 1. The summed E-state index contributed by atoms with van der Waals surface area (Å²) in [6.45, 7) is 1.50. The highest BCUT2D eigenvalue weighted by Crippen LogP contribution is 2.37. The van der Waals surface area contributed by atoms with Crippen LogP contribution in [0, 0.1) is 5.82 Å². The number of hydrogen-bond donors (Lipinski definition) is 2. The Morgan fingerprint density at radius 1 is 1.27 bits per heavy atom. The van der Waals surface area contributed by atoms with Gasteiger partial charge in [-0.3, -0.25) is 14.6 Å². The number of halogens is 1. The van der Waals surface area contributed by atoms with Crippen LogP contribution in [0.3, 0.4) is 0 Å². The van der Waals surface area contributed by atoms with E-state index in [1.54, 1.807) is 19.1 Å². The fourth-order valence-electron chi connectivity index (χ4n) is 3.05. The summed E-state index contributed by atoms with van der Waals surface area (Å²) in [5.41, 5.74) is 0.473. The van der Waals surface area contributed by atoms with Crippen molar-refractivity contribution >= 4 is 22.1 Å². The number of ether oxygens (including phenoxy) is 2. The lowest BCUT2D eigenvalue weighted by molar-refractivity contribution is 0.114. The summed E-state index contributed by atoms with van der Waals surface area (Å²) in [6.07, 6.45) is 3.44. The first-order chi connectivity index (χ1) is 15.8. The standard InChI is InChI=1S/C19H18FN7O5S/c1-11-17-14(8-13(9-23-17)31-15-4-3-6-24-25-15)32-19(28)27(11)10-12-5-7-22-18(16(12)20)26-33(29,30)21-2/h3-9,11,21H,10H2,1-2H3,(H,22,26). The lowest BCUT2D eigenvalue weighted by Gasteiger charge is -2.33. The fraction of sp³-hybridized carbons (Fsp3) is 0.211. The Labute approximate surface area is 188 Å². The molecule has 1 atom stereocenters.